The second kappa shape index (κ2) is 8.90. The fourth-order valence-electron chi connectivity index (χ4n) is 2.94. The first-order valence-corrected chi connectivity index (χ1v) is 12.3. The summed E-state index contributed by atoms with van der Waals surface area (Å²) in [7, 11) is -7.63. The van der Waals surface area contributed by atoms with Gasteiger partial charge in [-0.25, -0.2) is 22.0 Å². The molecule has 2 aromatic rings. The first-order valence-electron chi connectivity index (χ1n) is 8.92. The number of nitrogens with zero attached hydrogens (tertiary/aromatic N) is 1. The Hall–Kier alpha value is -2.18. The van der Waals surface area contributed by atoms with Gasteiger partial charge in [-0.2, -0.15) is 4.31 Å². The van der Waals surface area contributed by atoms with Crippen molar-refractivity contribution >= 4 is 43.2 Å². The Labute approximate surface area is 179 Å². The minimum Gasteiger partial charge on any atom is -0.482 e. The summed E-state index contributed by atoms with van der Waals surface area (Å²) in [4.78, 5) is 12.0. The van der Waals surface area contributed by atoms with Crippen molar-refractivity contribution < 1.29 is 26.4 Å². The standard InChI is InChI=1S/C18H20ClN3O6S2/c19-13-3-8-16(17(11-13)30(26,27)22-9-1-2-10-22)28-12-18(23)21-14-4-6-15(7-5-14)29(20,24)25/h3-8,11H,1-2,9-10,12H2,(H,21,23)(H2,20,24,25). The number of carbonyl (C=O) groups excluding carboxylic acids is 1. The molecule has 0 aromatic heterocycles. The molecule has 1 saturated heterocycles. The average molecular weight is 474 g/mol. The molecule has 0 bridgehead atoms. The van der Waals surface area contributed by atoms with Gasteiger partial charge in [0.25, 0.3) is 5.91 Å². The molecule has 1 aliphatic rings. The van der Waals surface area contributed by atoms with Crippen LogP contribution in [0.2, 0.25) is 5.02 Å². The van der Waals surface area contributed by atoms with Crippen LogP contribution >= 0.6 is 11.6 Å². The summed E-state index contributed by atoms with van der Waals surface area (Å²) < 4.78 is 55.1. The maximum atomic E-state index is 12.9. The van der Waals surface area contributed by atoms with Gasteiger partial charge in [-0.1, -0.05) is 11.6 Å². The minimum absolute atomic E-state index is 0.0195. The van der Waals surface area contributed by atoms with Crippen LogP contribution in [0, 0.1) is 0 Å². The lowest BCUT2D eigenvalue weighted by Gasteiger charge is -2.18. The molecule has 0 aliphatic carbocycles. The molecule has 30 heavy (non-hydrogen) atoms. The lowest BCUT2D eigenvalue weighted by atomic mass is 10.3. The number of primary sulfonamides is 1. The van der Waals surface area contributed by atoms with Gasteiger partial charge in [0.1, 0.15) is 10.6 Å². The van der Waals surface area contributed by atoms with E-state index in [9.17, 15) is 21.6 Å². The summed E-state index contributed by atoms with van der Waals surface area (Å²) in [6.07, 6.45) is 1.56. The van der Waals surface area contributed by atoms with E-state index in [0.717, 1.165) is 12.8 Å². The lowest BCUT2D eigenvalue weighted by molar-refractivity contribution is -0.118. The Balaban J connectivity index is 1.70. The van der Waals surface area contributed by atoms with Gasteiger partial charge in [0.05, 0.1) is 4.90 Å². The summed E-state index contributed by atoms with van der Waals surface area (Å²) in [6, 6.07) is 9.45. The molecule has 0 atom stereocenters. The number of benzene rings is 2. The summed E-state index contributed by atoms with van der Waals surface area (Å²) >= 11 is 5.97. The van der Waals surface area contributed by atoms with Gasteiger partial charge in [-0.05, 0) is 55.3 Å². The molecule has 3 N–H and O–H groups in total. The average Bonchev–Trinajstić information content (AvgIpc) is 3.22. The van der Waals surface area contributed by atoms with E-state index >= 15 is 0 Å². The van der Waals surface area contributed by atoms with E-state index in [2.05, 4.69) is 5.32 Å². The summed E-state index contributed by atoms with van der Waals surface area (Å²) in [5.74, 6) is -0.538. The minimum atomic E-state index is -3.83. The third-order valence-corrected chi connectivity index (χ3v) is 7.50. The summed E-state index contributed by atoms with van der Waals surface area (Å²) in [5.41, 5.74) is 0.331. The molecule has 3 rings (SSSR count). The van der Waals surface area contributed by atoms with Crippen LogP contribution < -0.4 is 15.2 Å². The van der Waals surface area contributed by atoms with Gasteiger partial charge in [-0.3, -0.25) is 4.79 Å². The van der Waals surface area contributed by atoms with Crippen molar-refractivity contribution in [2.45, 2.75) is 22.6 Å². The van der Waals surface area contributed by atoms with Crippen LogP contribution in [-0.4, -0.2) is 46.7 Å². The van der Waals surface area contributed by atoms with Crippen molar-refractivity contribution in [3.8, 4) is 5.75 Å². The lowest BCUT2D eigenvalue weighted by Crippen LogP contribution is -2.28. The van der Waals surface area contributed by atoms with Crippen molar-refractivity contribution in [2.24, 2.45) is 5.14 Å². The van der Waals surface area contributed by atoms with Crippen LogP contribution in [0.3, 0.4) is 0 Å². The third kappa shape index (κ3) is 5.29. The predicted molar refractivity (Wildman–Crippen MR) is 111 cm³/mol. The van der Waals surface area contributed by atoms with E-state index in [1.165, 1.54) is 46.8 Å². The highest BCUT2D eigenvalue weighted by Crippen LogP contribution is 2.31. The molecule has 2 aromatic carbocycles. The highest BCUT2D eigenvalue weighted by Gasteiger charge is 2.30. The number of rotatable bonds is 7. The van der Waals surface area contributed by atoms with Crippen LogP contribution in [0.1, 0.15) is 12.8 Å². The maximum Gasteiger partial charge on any atom is 0.262 e. The first kappa shape index (κ1) is 22.5. The molecule has 0 radical (unpaired) electrons. The fourth-order valence-corrected chi connectivity index (χ4v) is 5.37. The number of halogens is 1. The highest BCUT2D eigenvalue weighted by molar-refractivity contribution is 7.89. The molecule has 0 saturated carbocycles. The topological polar surface area (TPSA) is 136 Å². The van der Waals surface area contributed by atoms with Gasteiger partial charge < -0.3 is 10.1 Å². The molecule has 162 valence electrons. The summed E-state index contributed by atoms with van der Waals surface area (Å²) in [5, 5.41) is 7.79. The third-order valence-electron chi connectivity index (χ3n) is 4.41. The fraction of sp³-hybridized carbons (Fsp3) is 0.278. The number of hydrogen-bond donors (Lipinski definition) is 2. The second-order valence-corrected chi connectivity index (χ2v) is 10.5. The van der Waals surface area contributed by atoms with Crippen LogP contribution in [0.15, 0.2) is 52.3 Å². The van der Waals surface area contributed by atoms with E-state index in [1.807, 2.05) is 0 Å². The number of nitrogens with one attached hydrogen (secondary N) is 1. The number of ether oxygens (including phenoxy) is 1. The Bertz CT molecular complexity index is 1140. The van der Waals surface area contributed by atoms with Gasteiger partial charge >= 0.3 is 0 Å². The van der Waals surface area contributed by atoms with Crippen molar-refractivity contribution in [3.63, 3.8) is 0 Å². The number of anilines is 1. The summed E-state index contributed by atoms with van der Waals surface area (Å²) in [6.45, 7) is 0.383. The Kier molecular flexibility index (Phi) is 6.68. The Morgan fingerprint density at radius 1 is 1.07 bits per heavy atom. The molecule has 0 spiro atoms. The molecule has 9 nitrogen and oxygen atoms in total. The zero-order valence-electron chi connectivity index (χ0n) is 15.7. The van der Waals surface area contributed by atoms with Gasteiger partial charge in [-0.15, -0.1) is 0 Å². The van der Waals surface area contributed by atoms with E-state index in [0.29, 0.717) is 18.8 Å². The van der Waals surface area contributed by atoms with Gasteiger partial charge in [0.15, 0.2) is 6.61 Å². The Morgan fingerprint density at radius 3 is 2.30 bits per heavy atom. The van der Waals surface area contributed by atoms with Crippen molar-refractivity contribution in [1.82, 2.24) is 4.31 Å². The number of amides is 1. The van der Waals surface area contributed by atoms with E-state index < -0.39 is 32.6 Å². The van der Waals surface area contributed by atoms with Crippen molar-refractivity contribution in [1.29, 1.82) is 0 Å². The highest BCUT2D eigenvalue weighted by atomic mass is 35.5. The molecule has 0 unspecified atom stereocenters. The molecule has 1 fully saturated rings. The molecule has 1 heterocycles. The van der Waals surface area contributed by atoms with E-state index in [-0.39, 0.29) is 20.6 Å². The number of carbonyl (C=O) groups is 1. The number of sulfonamides is 2. The molecular formula is C18H20ClN3O6S2. The molecule has 1 aliphatic heterocycles. The van der Waals surface area contributed by atoms with E-state index in [1.54, 1.807) is 0 Å². The normalized spacial score (nSPS) is 15.1. The van der Waals surface area contributed by atoms with Crippen molar-refractivity contribution in [2.75, 3.05) is 25.0 Å². The maximum absolute atomic E-state index is 12.9. The SMILES string of the molecule is NS(=O)(=O)c1ccc(NC(=O)COc2ccc(Cl)cc2S(=O)(=O)N2CCCC2)cc1. The molecule has 12 heteroatoms. The largest absolute Gasteiger partial charge is 0.482 e. The number of nitrogens with two attached hydrogens (primary N) is 1. The number of hydrogen-bond acceptors (Lipinski definition) is 6. The molecular weight excluding hydrogens is 454 g/mol. The predicted octanol–water partition coefficient (Wildman–Crippen LogP) is 1.79. The monoisotopic (exact) mass is 473 g/mol. The van der Waals surface area contributed by atoms with Crippen LogP contribution in [0.25, 0.3) is 0 Å². The van der Waals surface area contributed by atoms with Gasteiger partial charge in [0, 0.05) is 23.8 Å². The zero-order chi connectivity index (χ0) is 21.9. The molecule has 1 amide bonds. The van der Waals surface area contributed by atoms with Crippen LogP contribution in [0.4, 0.5) is 5.69 Å². The quantitative estimate of drug-likeness (QED) is 0.629. The van der Waals surface area contributed by atoms with Crippen LogP contribution in [0.5, 0.6) is 5.75 Å². The second-order valence-electron chi connectivity index (χ2n) is 6.61. The van der Waals surface area contributed by atoms with Crippen molar-refractivity contribution in [3.05, 3.63) is 47.5 Å². The zero-order valence-corrected chi connectivity index (χ0v) is 18.1. The van der Waals surface area contributed by atoms with E-state index in [4.69, 9.17) is 21.5 Å². The smallest absolute Gasteiger partial charge is 0.262 e. The Morgan fingerprint density at radius 2 is 1.70 bits per heavy atom. The first-order chi connectivity index (χ1) is 14.1. The van der Waals surface area contributed by atoms with Crippen LogP contribution in [-0.2, 0) is 24.8 Å². The van der Waals surface area contributed by atoms with Gasteiger partial charge in [0.2, 0.25) is 20.0 Å².